The van der Waals surface area contributed by atoms with Gasteiger partial charge in [-0.2, -0.15) is 0 Å². The maximum Gasteiger partial charge on any atom is 0.205 e. The van der Waals surface area contributed by atoms with Gasteiger partial charge in [0, 0.05) is 25.4 Å². The average molecular weight is 234 g/mol. The SMILES string of the molecule is CCCNc1nnc(Cc2ccncc2)s1. The lowest BCUT2D eigenvalue weighted by atomic mass is 10.2. The molecule has 0 atom stereocenters. The van der Waals surface area contributed by atoms with Crippen LogP contribution in [0.4, 0.5) is 5.13 Å². The van der Waals surface area contributed by atoms with E-state index in [2.05, 4.69) is 27.4 Å². The summed E-state index contributed by atoms with van der Waals surface area (Å²) in [6.45, 7) is 3.08. The molecular formula is C11H14N4S. The number of aromatic nitrogens is 3. The molecule has 0 aliphatic rings. The van der Waals surface area contributed by atoms with Gasteiger partial charge in [-0.25, -0.2) is 0 Å². The van der Waals surface area contributed by atoms with Gasteiger partial charge in [0.05, 0.1) is 0 Å². The van der Waals surface area contributed by atoms with Crippen molar-refractivity contribution in [2.45, 2.75) is 19.8 Å². The zero-order chi connectivity index (χ0) is 11.2. The summed E-state index contributed by atoms with van der Waals surface area (Å²) in [7, 11) is 0. The second kappa shape index (κ2) is 5.55. The van der Waals surface area contributed by atoms with Crippen molar-refractivity contribution in [3.8, 4) is 0 Å². The van der Waals surface area contributed by atoms with Crippen molar-refractivity contribution in [2.24, 2.45) is 0 Å². The Balaban J connectivity index is 1.97. The first-order chi connectivity index (χ1) is 7.88. The van der Waals surface area contributed by atoms with Crippen molar-refractivity contribution in [1.82, 2.24) is 15.2 Å². The van der Waals surface area contributed by atoms with E-state index in [1.807, 2.05) is 12.1 Å². The lowest BCUT2D eigenvalue weighted by Crippen LogP contribution is -1.98. The smallest absolute Gasteiger partial charge is 0.205 e. The number of rotatable bonds is 5. The lowest BCUT2D eigenvalue weighted by Gasteiger charge is -1.96. The van der Waals surface area contributed by atoms with Crippen molar-refractivity contribution in [1.29, 1.82) is 0 Å². The van der Waals surface area contributed by atoms with Gasteiger partial charge in [0.1, 0.15) is 5.01 Å². The standard InChI is InChI=1S/C11H14N4S/c1-2-5-13-11-15-14-10(16-11)8-9-3-6-12-7-4-9/h3-4,6-7H,2,5,8H2,1H3,(H,13,15). The number of pyridine rings is 1. The van der Waals surface area contributed by atoms with Crippen LogP contribution in [0.3, 0.4) is 0 Å². The summed E-state index contributed by atoms with van der Waals surface area (Å²) in [5.41, 5.74) is 1.22. The Morgan fingerprint density at radius 1 is 1.25 bits per heavy atom. The summed E-state index contributed by atoms with van der Waals surface area (Å²) < 4.78 is 0. The van der Waals surface area contributed by atoms with Crippen molar-refractivity contribution in [3.05, 3.63) is 35.1 Å². The van der Waals surface area contributed by atoms with Crippen molar-refractivity contribution in [3.63, 3.8) is 0 Å². The van der Waals surface area contributed by atoms with Crippen LogP contribution in [0.5, 0.6) is 0 Å². The second-order valence-corrected chi connectivity index (χ2v) is 4.52. The summed E-state index contributed by atoms with van der Waals surface area (Å²) >= 11 is 1.61. The molecule has 84 valence electrons. The van der Waals surface area contributed by atoms with E-state index >= 15 is 0 Å². The fraction of sp³-hybridized carbons (Fsp3) is 0.364. The van der Waals surface area contributed by atoms with Gasteiger partial charge in [-0.3, -0.25) is 4.98 Å². The van der Waals surface area contributed by atoms with Crippen LogP contribution in [-0.4, -0.2) is 21.7 Å². The second-order valence-electron chi connectivity index (χ2n) is 3.46. The van der Waals surface area contributed by atoms with Crippen LogP contribution in [0, 0.1) is 0 Å². The quantitative estimate of drug-likeness (QED) is 0.862. The van der Waals surface area contributed by atoms with Gasteiger partial charge in [0.15, 0.2) is 0 Å². The van der Waals surface area contributed by atoms with Crippen LogP contribution < -0.4 is 5.32 Å². The molecule has 2 aromatic heterocycles. The minimum absolute atomic E-state index is 0.827. The van der Waals surface area contributed by atoms with Gasteiger partial charge in [-0.15, -0.1) is 10.2 Å². The summed E-state index contributed by atoms with van der Waals surface area (Å²) in [6, 6.07) is 4.00. The van der Waals surface area contributed by atoms with Crippen LogP contribution in [0.15, 0.2) is 24.5 Å². The predicted molar refractivity (Wildman–Crippen MR) is 65.7 cm³/mol. The predicted octanol–water partition coefficient (Wildman–Crippen LogP) is 2.35. The number of hydrogen-bond donors (Lipinski definition) is 1. The van der Waals surface area contributed by atoms with E-state index in [4.69, 9.17) is 0 Å². The number of nitrogens with one attached hydrogen (secondary N) is 1. The molecule has 5 heteroatoms. The largest absolute Gasteiger partial charge is 0.360 e. The molecule has 0 saturated heterocycles. The summed E-state index contributed by atoms with van der Waals surface area (Å²) in [5, 5.41) is 13.4. The van der Waals surface area contributed by atoms with E-state index in [9.17, 15) is 0 Å². The fourth-order valence-electron chi connectivity index (χ4n) is 1.30. The molecule has 2 rings (SSSR count). The summed E-state index contributed by atoms with van der Waals surface area (Å²) in [5.74, 6) is 0. The third-order valence-corrected chi connectivity index (χ3v) is 2.98. The zero-order valence-electron chi connectivity index (χ0n) is 9.18. The Hall–Kier alpha value is -1.49. The number of hydrogen-bond acceptors (Lipinski definition) is 5. The first-order valence-electron chi connectivity index (χ1n) is 5.33. The van der Waals surface area contributed by atoms with Gasteiger partial charge in [0.2, 0.25) is 5.13 Å². The molecule has 2 heterocycles. The van der Waals surface area contributed by atoms with Crippen LogP contribution >= 0.6 is 11.3 Å². The van der Waals surface area contributed by atoms with Crippen LogP contribution in [-0.2, 0) is 6.42 Å². The highest BCUT2D eigenvalue weighted by Crippen LogP contribution is 2.17. The van der Waals surface area contributed by atoms with E-state index in [1.54, 1.807) is 23.7 Å². The van der Waals surface area contributed by atoms with E-state index in [1.165, 1.54) is 5.56 Å². The molecule has 0 radical (unpaired) electrons. The topological polar surface area (TPSA) is 50.7 Å². The average Bonchev–Trinajstić information content (AvgIpc) is 2.75. The molecule has 0 unspecified atom stereocenters. The highest BCUT2D eigenvalue weighted by molar-refractivity contribution is 7.15. The third kappa shape index (κ3) is 3.00. The Morgan fingerprint density at radius 2 is 2.06 bits per heavy atom. The molecule has 0 saturated carbocycles. The Kier molecular flexibility index (Phi) is 3.82. The summed E-state index contributed by atoms with van der Waals surface area (Å²) in [6.07, 6.45) is 5.52. The van der Waals surface area contributed by atoms with Gasteiger partial charge in [0.25, 0.3) is 0 Å². The minimum Gasteiger partial charge on any atom is -0.360 e. The fourth-order valence-corrected chi connectivity index (χ4v) is 2.10. The normalized spacial score (nSPS) is 10.3. The molecular weight excluding hydrogens is 220 g/mol. The molecule has 0 fully saturated rings. The van der Waals surface area contributed by atoms with Crippen molar-refractivity contribution >= 4 is 16.5 Å². The van der Waals surface area contributed by atoms with Gasteiger partial charge >= 0.3 is 0 Å². The van der Waals surface area contributed by atoms with E-state index in [0.717, 1.165) is 29.5 Å². The first-order valence-corrected chi connectivity index (χ1v) is 6.15. The molecule has 0 aliphatic heterocycles. The maximum absolute atomic E-state index is 4.15. The Morgan fingerprint density at radius 3 is 2.81 bits per heavy atom. The van der Waals surface area contributed by atoms with Crippen molar-refractivity contribution in [2.75, 3.05) is 11.9 Å². The maximum atomic E-state index is 4.15. The molecule has 16 heavy (non-hydrogen) atoms. The highest BCUT2D eigenvalue weighted by atomic mass is 32.1. The van der Waals surface area contributed by atoms with Crippen LogP contribution in [0.2, 0.25) is 0 Å². The number of nitrogens with zero attached hydrogens (tertiary/aromatic N) is 3. The molecule has 2 aromatic rings. The van der Waals surface area contributed by atoms with E-state index in [0.29, 0.717) is 0 Å². The van der Waals surface area contributed by atoms with Gasteiger partial charge in [-0.05, 0) is 24.1 Å². The minimum atomic E-state index is 0.827. The van der Waals surface area contributed by atoms with Crippen LogP contribution in [0.25, 0.3) is 0 Å². The van der Waals surface area contributed by atoms with Gasteiger partial charge < -0.3 is 5.32 Å². The molecule has 0 spiro atoms. The Labute approximate surface area is 98.8 Å². The van der Waals surface area contributed by atoms with Crippen LogP contribution in [0.1, 0.15) is 23.9 Å². The molecule has 4 nitrogen and oxygen atoms in total. The Bertz CT molecular complexity index is 427. The third-order valence-electron chi connectivity index (χ3n) is 2.10. The van der Waals surface area contributed by atoms with Gasteiger partial charge in [-0.1, -0.05) is 18.3 Å². The molecule has 0 aliphatic carbocycles. The van der Waals surface area contributed by atoms with Crippen molar-refractivity contribution < 1.29 is 0 Å². The molecule has 0 amide bonds. The highest BCUT2D eigenvalue weighted by Gasteiger charge is 2.03. The number of anilines is 1. The van der Waals surface area contributed by atoms with E-state index in [-0.39, 0.29) is 0 Å². The zero-order valence-corrected chi connectivity index (χ0v) is 10.00. The lowest BCUT2D eigenvalue weighted by molar-refractivity contribution is 0.952. The summed E-state index contributed by atoms with van der Waals surface area (Å²) in [4.78, 5) is 3.99. The molecule has 0 bridgehead atoms. The molecule has 1 N–H and O–H groups in total. The monoisotopic (exact) mass is 234 g/mol. The molecule has 0 aromatic carbocycles. The first kappa shape index (κ1) is 11.0. The van der Waals surface area contributed by atoms with E-state index < -0.39 is 0 Å².